The van der Waals surface area contributed by atoms with Crippen molar-refractivity contribution >= 4 is 5.78 Å². The molecule has 1 atom stereocenters. The van der Waals surface area contributed by atoms with Gasteiger partial charge in [0.25, 0.3) is 0 Å². The lowest BCUT2D eigenvalue weighted by Crippen LogP contribution is -2.31. The highest BCUT2D eigenvalue weighted by Crippen LogP contribution is 2.13. The van der Waals surface area contributed by atoms with Crippen molar-refractivity contribution < 1.29 is 4.79 Å². The van der Waals surface area contributed by atoms with E-state index in [1.807, 2.05) is 24.3 Å². The summed E-state index contributed by atoms with van der Waals surface area (Å²) < 4.78 is 0. The Hall–Kier alpha value is -1.23. The first-order valence-electron chi connectivity index (χ1n) is 7.99. The number of Topliss-reactive ketones (excluding diaryl/α,β-unsaturated/α-hetero) is 1. The molecule has 118 valence electrons. The SMILES string of the molecule is CCCCNCc1ccccc1C(=O)[C@@H](N)CCCCN. The van der Waals surface area contributed by atoms with Crippen LogP contribution in [0.3, 0.4) is 0 Å². The Morgan fingerprint density at radius 3 is 2.71 bits per heavy atom. The molecule has 1 aromatic carbocycles. The topological polar surface area (TPSA) is 81.1 Å². The van der Waals surface area contributed by atoms with Crippen LogP contribution in [0.15, 0.2) is 24.3 Å². The Kier molecular flexibility index (Phi) is 8.90. The van der Waals surface area contributed by atoms with Gasteiger partial charge in [0, 0.05) is 12.1 Å². The van der Waals surface area contributed by atoms with Gasteiger partial charge in [-0.2, -0.15) is 0 Å². The molecule has 1 rings (SSSR count). The maximum Gasteiger partial charge on any atom is 0.179 e. The predicted octanol–water partition coefficient (Wildman–Crippen LogP) is 2.22. The molecule has 0 aliphatic heterocycles. The normalized spacial score (nSPS) is 12.3. The molecule has 21 heavy (non-hydrogen) atoms. The van der Waals surface area contributed by atoms with E-state index in [1.165, 1.54) is 6.42 Å². The van der Waals surface area contributed by atoms with Crippen molar-refractivity contribution in [3.8, 4) is 0 Å². The van der Waals surface area contributed by atoms with Gasteiger partial charge in [0.1, 0.15) is 0 Å². The Labute approximate surface area is 128 Å². The van der Waals surface area contributed by atoms with E-state index < -0.39 is 6.04 Å². The summed E-state index contributed by atoms with van der Waals surface area (Å²) in [5.41, 5.74) is 13.3. The molecule has 0 aliphatic carbocycles. The number of hydrogen-bond donors (Lipinski definition) is 3. The first kappa shape index (κ1) is 17.8. The fourth-order valence-electron chi connectivity index (χ4n) is 2.28. The van der Waals surface area contributed by atoms with Crippen LogP contribution in [0.2, 0.25) is 0 Å². The van der Waals surface area contributed by atoms with Crippen molar-refractivity contribution in [3.63, 3.8) is 0 Å². The second kappa shape index (κ2) is 10.5. The minimum absolute atomic E-state index is 0.0416. The van der Waals surface area contributed by atoms with Gasteiger partial charge < -0.3 is 16.8 Å². The minimum Gasteiger partial charge on any atom is -0.330 e. The molecule has 5 N–H and O–H groups in total. The van der Waals surface area contributed by atoms with E-state index >= 15 is 0 Å². The molecule has 0 radical (unpaired) electrons. The largest absolute Gasteiger partial charge is 0.330 e. The summed E-state index contributed by atoms with van der Waals surface area (Å²) in [6.07, 6.45) is 4.84. The van der Waals surface area contributed by atoms with Crippen LogP contribution in [0.25, 0.3) is 0 Å². The summed E-state index contributed by atoms with van der Waals surface area (Å²) in [4.78, 5) is 12.5. The number of ketones is 1. The Morgan fingerprint density at radius 1 is 1.24 bits per heavy atom. The van der Waals surface area contributed by atoms with Gasteiger partial charge in [0.05, 0.1) is 6.04 Å². The molecular formula is C17H29N3O. The summed E-state index contributed by atoms with van der Waals surface area (Å²) in [5.74, 6) is 0.0416. The zero-order valence-electron chi connectivity index (χ0n) is 13.1. The second-order valence-corrected chi connectivity index (χ2v) is 5.44. The number of carbonyl (C=O) groups excluding carboxylic acids is 1. The van der Waals surface area contributed by atoms with Crippen LogP contribution in [0.1, 0.15) is 54.9 Å². The number of benzene rings is 1. The monoisotopic (exact) mass is 291 g/mol. The van der Waals surface area contributed by atoms with Crippen LogP contribution < -0.4 is 16.8 Å². The molecular weight excluding hydrogens is 262 g/mol. The zero-order chi connectivity index (χ0) is 15.5. The Morgan fingerprint density at radius 2 is 2.00 bits per heavy atom. The van der Waals surface area contributed by atoms with Gasteiger partial charge >= 0.3 is 0 Å². The van der Waals surface area contributed by atoms with Crippen molar-refractivity contribution in [3.05, 3.63) is 35.4 Å². The van der Waals surface area contributed by atoms with Gasteiger partial charge in [0.2, 0.25) is 0 Å². The van der Waals surface area contributed by atoms with Gasteiger partial charge in [-0.1, -0.05) is 44.0 Å². The van der Waals surface area contributed by atoms with E-state index in [0.717, 1.165) is 43.5 Å². The molecule has 0 spiro atoms. The molecule has 0 saturated heterocycles. The minimum atomic E-state index is -0.423. The van der Waals surface area contributed by atoms with Crippen LogP contribution in [-0.4, -0.2) is 24.9 Å². The first-order chi connectivity index (χ1) is 10.2. The molecule has 4 heteroatoms. The number of hydrogen-bond acceptors (Lipinski definition) is 4. The van der Waals surface area contributed by atoms with Crippen molar-refractivity contribution in [2.75, 3.05) is 13.1 Å². The fourth-order valence-corrected chi connectivity index (χ4v) is 2.28. The summed E-state index contributed by atoms with van der Waals surface area (Å²) >= 11 is 0. The third kappa shape index (κ3) is 6.38. The summed E-state index contributed by atoms with van der Waals surface area (Å²) in [6, 6.07) is 7.32. The molecule has 0 heterocycles. The number of unbranched alkanes of at least 4 members (excludes halogenated alkanes) is 2. The maximum absolute atomic E-state index is 12.5. The standard InChI is InChI=1S/C17H29N3O/c1-2-3-12-20-13-14-8-4-5-9-15(14)17(21)16(19)10-6-7-11-18/h4-5,8-9,16,20H,2-3,6-7,10-13,18-19H2,1H3/t16-/m0/s1. The van der Waals surface area contributed by atoms with Crippen molar-refractivity contribution in [2.24, 2.45) is 11.5 Å². The molecule has 0 aliphatic rings. The van der Waals surface area contributed by atoms with Gasteiger partial charge in [-0.3, -0.25) is 4.79 Å². The third-order valence-corrected chi connectivity index (χ3v) is 3.61. The molecule has 1 aromatic rings. The Bertz CT molecular complexity index is 420. The van der Waals surface area contributed by atoms with Crippen molar-refractivity contribution in [1.29, 1.82) is 0 Å². The number of rotatable bonds is 11. The first-order valence-corrected chi connectivity index (χ1v) is 7.99. The van der Waals surface area contributed by atoms with Crippen molar-refractivity contribution in [2.45, 2.75) is 51.6 Å². The number of nitrogens with one attached hydrogen (secondary N) is 1. The average molecular weight is 291 g/mol. The highest BCUT2D eigenvalue weighted by Gasteiger charge is 2.17. The van der Waals surface area contributed by atoms with E-state index in [9.17, 15) is 4.79 Å². The van der Waals surface area contributed by atoms with E-state index in [1.54, 1.807) is 0 Å². The van der Waals surface area contributed by atoms with Gasteiger partial charge in [-0.25, -0.2) is 0 Å². The van der Waals surface area contributed by atoms with Gasteiger partial charge in [-0.05, 0) is 37.9 Å². The Balaban J connectivity index is 2.61. The smallest absolute Gasteiger partial charge is 0.179 e. The summed E-state index contributed by atoms with van der Waals surface area (Å²) in [5, 5.41) is 3.38. The van der Waals surface area contributed by atoms with Crippen LogP contribution >= 0.6 is 0 Å². The molecule has 0 fully saturated rings. The van der Waals surface area contributed by atoms with Crippen LogP contribution in [0, 0.1) is 0 Å². The second-order valence-electron chi connectivity index (χ2n) is 5.44. The molecule has 0 bridgehead atoms. The van der Waals surface area contributed by atoms with Crippen LogP contribution in [-0.2, 0) is 6.54 Å². The predicted molar refractivity (Wildman–Crippen MR) is 88.3 cm³/mol. The quantitative estimate of drug-likeness (QED) is 0.431. The van der Waals surface area contributed by atoms with Gasteiger partial charge in [-0.15, -0.1) is 0 Å². The molecule has 0 amide bonds. The summed E-state index contributed by atoms with van der Waals surface area (Å²) in [7, 11) is 0. The van der Waals surface area contributed by atoms with Crippen LogP contribution in [0.5, 0.6) is 0 Å². The van der Waals surface area contributed by atoms with Gasteiger partial charge in [0.15, 0.2) is 5.78 Å². The number of nitrogens with two attached hydrogens (primary N) is 2. The molecule has 0 saturated carbocycles. The zero-order valence-corrected chi connectivity index (χ0v) is 13.1. The molecule has 0 aromatic heterocycles. The molecule has 0 unspecified atom stereocenters. The lowest BCUT2D eigenvalue weighted by molar-refractivity contribution is 0.0955. The highest BCUT2D eigenvalue weighted by atomic mass is 16.1. The fraction of sp³-hybridized carbons (Fsp3) is 0.588. The van der Waals surface area contributed by atoms with Crippen molar-refractivity contribution in [1.82, 2.24) is 5.32 Å². The van der Waals surface area contributed by atoms with E-state index in [4.69, 9.17) is 11.5 Å². The van der Waals surface area contributed by atoms with Crippen LogP contribution in [0.4, 0.5) is 0 Å². The lowest BCUT2D eigenvalue weighted by atomic mass is 9.96. The van der Waals surface area contributed by atoms with E-state index in [0.29, 0.717) is 13.0 Å². The highest BCUT2D eigenvalue weighted by molar-refractivity contribution is 6.01. The summed E-state index contributed by atoms with van der Waals surface area (Å²) in [6.45, 7) is 4.51. The molecule has 4 nitrogen and oxygen atoms in total. The van der Waals surface area contributed by atoms with E-state index in [2.05, 4.69) is 12.2 Å². The van der Waals surface area contributed by atoms with E-state index in [-0.39, 0.29) is 5.78 Å². The lowest BCUT2D eigenvalue weighted by Gasteiger charge is -2.14. The third-order valence-electron chi connectivity index (χ3n) is 3.61. The average Bonchev–Trinajstić information content (AvgIpc) is 2.51. The number of carbonyl (C=O) groups is 1. The maximum atomic E-state index is 12.5.